The fraction of sp³-hybridized carbons (Fsp3) is 0.583. The number of hydrogen-bond donors (Lipinski definition) is 1. The number of carbonyl (C=O) groups is 1. The summed E-state index contributed by atoms with van der Waals surface area (Å²) in [6, 6.07) is -0.121. The normalized spacial score (nSPS) is 13.1. The molecule has 9 heteroatoms. The van der Waals surface area contributed by atoms with Gasteiger partial charge in [-0.2, -0.15) is 13.2 Å². The highest BCUT2D eigenvalue weighted by Crippen LogP contribution is 2.29. The lowest BCUT2D eigenvalue weighted by Gasteiger charge is -2.19. The molecule has 1 aromatic heterocycles. The van der Waals surface area contributed by atoms with E-state index in [9.17, 15) is 18.0 Å². The van der Waals surface area contributed by atoms with E-state index in [1.54, 1.807) is 0 Å². The van der Waals surface area contributed by atoms with Crippen LogP contribution in [0.15, 0.2) is 6.07 Å². The molecule has 0 aliphatic rings. The van der Waals surface area contributed by atoms with Gasteiger partial charge < -0.3 is 10.1 Å². The molecule has 21 heavy (non-hydrogen) atoms. The van der Waals surface area contributed by atoms with Gasteiger partial charge in [0.05, 0.1) is 7.11 Å². The Morgan fingerprint density at radius 3 is 2.52 bits per heavy atom. The van der Waals surface area contributed by atoms with Gasteiger partial charge in [0.25, 0.3) is 0 Å². The molecule has 0 spiro atoms. The first-order chi connectivity index (χ1) is 9.63. The molecule has 0 fully saturated rings. The van der Waals surface area contributed by atoms with Gasteiger partial charge in [0.15, 0.2) is 5.69 Å². The number of nitrogens with zero attached hydrogens (tertiary/aromatic N) is 2. The number of aromatic nitrogens is 2. The molecule has 1 rings (SSSR count). The molecule has 0 aromatic carbocycles. The van der Waals surface area contributed by atoms with E-state index in [0.717, 1.165) is 0 Å². The van der Waals surface area contributed by atoms with Gasteiger partial charge in [-0.3, -0.25) is 0 Å². The van der Waals surface area contributed by atoms with Crippen molar-refractivity contribution in [2.75, 3.05) is 12.4 Å². The van der Waals surface area contributed by atoms with Crippen LogP contribution in [0.3, 0.4) is 0 Å². The third-order valence-electron chi connectivity index (χ3n) is 2.50. The van der Waals surface area contributed by atoms with Crippen molar-refractivity contribution in [1.82, 2.24) is 9.97 Å². The zero-order chi connectivity index (χ0) is 16.2. The van der Waals surface area contributed by atoms with Gasteiger partial charge >= 0.3 is 12.1 Å². The van der Waals surface area contributed by atoms with Crippen LogP contribution in [-0.2, 0) is 15.7 Å². The molecule has 118 valence electrons. The Kier molecular flexibility index (Phi) is 5.77. The van der Waals surface area contributed by atoms with Gasteiger partial charge in [-0.15, -0.1) is 0 Å². The molecular weight excluding hydrogens is 311 g/mol. The summed E-state index contributed by atoms with van der Waals surface area (Å²) < 4.78 is 42.6. The number of esters is 1. The Morgan fingerprint density at radius 1 is 1.43 bits per heavy atom. The molecule has 0 amide bonds. The van der Waals surface area contributed by atoms with Crippen molar-refractivity contribution in [3.05, 3.63) is 17.0 Å². The Bertz CT molecular complexity index is 509. The largest absolute Gasteiger partial charge is 0.467 e. The predicted molar refractivity (Wildman–Crippen MR) is 70.9 cm³/mol. The van der Waals surface area contributed by atoms with Crippen molar-refractivity contribution < 1.29 is 22.7 Å². The summed E-state index contributed by atoms with van der Waals surface area (Å²) in [6.07, 6.45) is -4.28. The standard InChI is InChI=1S/C12H15ClF3N3O2/c1-6(2)4-7(10(20)21-3)17-9-5-8(12(14,15)16)18-11(13)19-9/h5-7H,4H2,1-3H3,(H,17,18,19). The average molecular weight is 326 g/mol. The number of nitrogens with one attached hydrogen (secondary N) is 1. The van der Waals surface area contributed by atoms with Gasteiger partial charge in [-0.05, 0) is 23.9 Å². The molecule has 5 nitrogen and oxygen atoms in total. The average Bonchev–Trinajstić information content (AvgIpc) is 2.34. The van der Waals surface area contributed by atoms with Gasteiger partial charge in [-0.25, -0.2) is 14.8 Å². The van der Waals surface area contributed by atoms with Crippen LogP contribution in [0.2, 0.25) is 5.28 Å². The maximum Gasteiger partial charge on any atom is 0.433 e. The Labute approximate surface area is 124 Å². The van der Waals surface area contributed by atoms with Crippen molar-refractivity contribution in [3.63, 3.8) is 0 Å². The van der Waals surface area contributed by atoms with E-state index in [1.807, 2.05) is 13.8 Å². The molecule has 0 aliphatic carbocycles. The minimum atomic E-state index is -4.65. The number of methoxy groups -OCH3 is 1. The summed E-state index contributed by atoms with van der Waals surface area (Å²) in [5, 5.41) is 2.05. The molecule has 0 saturated heterocycles. The van der Waals surface area contributed by atoms with Crippen LogP contribution in [0.25, 0.3) is 0 Å². The van der Waals surface area contributed by atoms with Crippen LogP contribution in [0, 0.1) is 5.92 Å². The lowest BCUT2D eigenvalue weighted by Crippen LogP contribution is -2.32. The fourth-order valence-corrected chi connectivity index (χ4v) is 1.83. The lowest BCUT2D eigenvalue weighted by atomic mass is 10.0. The third kappa shape index (κ3) is 5.37. The van der Waals surface area contributed by atoms with E-state index in [0.29, 0.717) is 12.5 Å². The van der Waals surface area contributed by atoms with E-state index in [1.165, 1.54) is 7.11 Å². The van der Waals surface area contributed by atoms with Crippen LogP contribution in [0.1, 0.15) is 26.0 Å². The second kappa shape index (κ2) is 6.93. The highest BCUT2D eigenvalue weighted by Gasteiger charge is 2.34. The predicted octanol–water partition coefficient (Wildman–Crippen LogP) is 3.15. The SMILES string of the molecule is COC(=O)C(CC(C)C)Nc1cc(C(F)(F)F)nc(Cl)n1. The Hall–Kier alpha value is -1.57. The van der Waals surface area contributed by atoms with Crippen LogP contribution < -0.4 is 5.32 Å². The first-order valence-corrected chi connectivity index (χ1v) is 6.47. The second-order valence-electron chi connectivity index (χ2n) is 4.75. The van der Waals surface area contributed by atoms with E-state index >= 15 is 0 Å². The van der Waals surface area contributed by atoms with Gasteiger partial charge in [-0.1, -0.05) is 13.8 Å². The summed E-state index contributed by atoms with van der Waals surface area (Å²) in [5.41, 5.74) is -1.18. The number of ether oxygens (including phenoxy) is 1. The van der Waals surface area contributed by atoms with Gasteiger partial charge in [0, 0.05) is 6.07 Å². The van der Waals surface area contributed by atoms with Gasteiger partial charge in [0.2, 0.25) is 5.28 Å². The highest BCUT2D eigenvalue weighted by molar-refractivity contribution is 6.28. The number of rotatable bonds is 5. The minimum Gasteiger partial charge on any atom is -0.467 e. The molecule has 1 aromatic rings. The zero-order valence-electron chi connectivity index (χ0n) is 11.7. The fourth-order valence-electron chi connectivity index (χ4n) is 1.64. The molecule has 1 unspecified atom stereocenters. The second-order valence-corrected chi connectivity index (χ2v) is 5.09. The molecule has 0 radical (unpaired) electrons. The maximum atomic E-state index is 12.7. The summed E-state index contributed by atoms with van der Waals surface area (Å²) in [5.74, 6) is -0.647. The maximum absolute atomic E-state index is 12.7. The van der Waals surface area contributed by atoms with Crippen LogP contribution >= 0.6 is 11.6 Å². The summed E-state index contributed by atoms with van der Waals surface area (Å²) in [6.45, 7) is 3.73. The Balaban J connectivity index is 3.03. The van der Waals surface area contributed by atoms with Gasteiger partial charge in [0.1, 0.15) is 11.9 Å². The highest BCUT2D eigenvalue weighted by atomic mass is 35.5. The number of halogens is 4. The monoisotopic (exact) mass is 325 g/mol. The summed E-state index contributed by atoms with van der Waals surface area (Å²) in [7, 11) is 1.20. The molecule has 1 heterocycles. The quantitative estimate of drug-likeness (QED) is 0.665. The number of alkyl halides is 3. The lowest BCUT2D eigenvalue weighted by molar-refractivity contribution is -0.142. The molecule has 0 bridgehead atoms. The topological polar surface area (TPSA) is 64.1 Å². The third-order valence-corrected chi connectivity index (χ3v) is 2.67. The van der Waals surface area contributed by atoms with Crippen molar-refractivity contribution in [2.45, 2.75) is 32.5 Å². The summed E-state index contributed by atoms with van der Waals surface area (Å²) >= 11 is 5.48. The molecule has 0 aliphatic heterocycles. The van der Waals surface area contributed by atoms with E-state index in [-0.39, 0.29) is 11.7 Å². The van der Waals surface area contributed by atoms with Crippen molar-refractivity contribution in [3.8, 4) is 0 Å². The van der Waals surface area contributed by atoms with E-state index in [4.69, 9.17) is 11.6 Å². The van der Waals surface area contributed by atoms with Crippen LogP contribution in [0.4, 0.5) is 19.0 Å². The van der Waals surface area contributed by atoms with Crippen LogP contribution in [0.5, 0.6) is 0 Å². The smallest absolute Gasteiger partial charge is 0.433 e. The van der Waals surface area contributed by atoms with Crippen molar-refractivity contribution in [1.29, 1.82) is 0 Å². The molecule has 1 N–H and O–H groups in total. The van der Waals surface area contributed by atoms with Crippen LogP contribution in [-0.4, -0.2) is 29.1 Å². The van der Waals surface area contributed by atoms with E-state index in [2.05, 4.69) is 20.0 Å². The number of carbonyl (C=O) groups excluding carboxylic acids is 1. The summed E-state index contributed by atoms with van der Waals surface area (Å²) in [4.78, 5) is 18.4. The molecule has 0 saturated carbocycles. The minimum absolute atomic E-state index is 0.126. The van der Waals surface area contributed by atoms with Crippen molar-refractivity contribution in [2.24, 2.45) is 5.92 Å². The van der Waals surface area contributed by atoms with E-state index < -0.39 is 29.2 Å². The molecular formula is C12H15ClF3N3O2. The zero-order valence-corrected chi connectivity index (χ0v) is 12.4. The number of anilines is 1. The van der Waals surface area contributed by atoms with Crippen molar-refractivity contribution >= 4 is 23.4 Å². The first kappa shape index (κ1) is 17.5. The molecule has 1 atom stereocenters. The number of hydrogen-bond acceptors (Lipinski definition) is 5. The Morgan fingerprint density at radius 2 is 2.05 bits per heavy atom. The first-order valence-electron chi connectivity index (χ1n) is 6.09.